The second-order valence-corrected chi connectivity index (χ2v) is 17.7. The smallest absolute Gasteiger partial charge is 0.143 e. The molecule has 0 bridgehead atoms. The van der Waals surface area contributed by atoms with Crippen molar-refractivity contribution in [2.75, 3.05) is 11.4 Å². The third kappa shape index (κ3) is 8.35. The van der Waals surface area contributed by atoms with Crippen molar-refractivity contribution >= 4 is 22.3 Å². The standard InChI is InChI=1S/C50H57N4O.Pt/c1-14-39(32(3)54(15-2)38-20-17-16-18-21-38)33-24-25-51-43(29-33)35-26-34(27-36(28-35)48(4,5)6)40-22-19-23-44-45(40)52-47(53(44)13)41-30-37(49(7,8)9)31-42(46(41)55)50(10,11)12;/h14,16-25,27-31,55H,1,15H2,2-13H3;/q-1;/b39-32-;. The maximum atomic E-state index is 11.8. The molecule has 56 heavy (non-hydrogen) atoms. The van der Waals surface area contributed by atoms with Crippen LogP contribution in [0.15, 0.2) is 109 Å². The number of benzene rings is 4. The Labute approximate surface area is 349 Å². The number of phenolic OH excluding ortho intramolecular Hbond substituents is 1. The first kappa shape index (κ1) is 42.4. The van der Waals surface area contributed by atoms with Gasteiger partial charge in [-0.1, -0.05) is 129 Å². The Hall–Kier alpha value is -4.73. The number of imidazole rings is 1. The molecule has 6 rings (SSSR count). The number of aromatic hydroxyl groups is 1. The van der Waals surface area contributed by atoms with Gasteiger partial charge in [-0.05, 0) is 77.1 Å². The number of rotatable bonds is 8. The monoisotopic (exact) mass is 924 g/mol. The van der Waals surface area contributed by atoms with Crippen LogP contribution in [0.2, 0.25) is 0 Å². The van der Waals surface area contributed by atoms with Gasteiger partial charge in [-0.2, -0.15) is 0 Å². The molecule has 0 aliphatic carbocycles. The van der Waals surface area contributed by atoms with Crippen molar-refractivity contribution in [1.82, 2.24) is 14.5 Å². The molecule has 2 aromatic heterocycles. The Morgan fingerprint density at radius 1 is 0.804 bits per heavy atom. The minimum absolute atomic E-state index is 0. The summed E-state index contributed by atoms with van der Waals surface area (Å²) in [5.41, 5.74) is 13.4. The van der Waals surface area contributed by atoms with Crippen LogP contribution in [0, 0.1) is 6.07 Å². The minimum atomic E-state index is -0.252. The van der Waals surface area contributed by atoms with Crippen molar-refractivity contribution < 1.29 is 26.2 Å². The van der Waals surface area contributed by atoms with Gasteiger partial charge in [0.15, 0.2) is 0 Å². The Morgan fingerprint density at radius 3 is 2.05 bits per heavy atom. The number of hydrogen-bond acceptors (Lipinski definition) is 4. The summed E-state index contributed by atoms with van der Waals surface area (Å²) < 4.78 is 2.10. The first-order valence-corrected chi connectivity index (χ1v) is 19.4. The first-order valence-electron chi connectivity index (χ1n) is 19.4. The van der Waals surface area contributed by atoms with E-state index in [0.717, 1.165) is 85.0 Å². The average molecular weight is 925 g/mol. The molecule has 0 amide bonds. The average Bonchev–Trinajstić information content (AvgIpc) is 3.47. The second-order valence-electron chi connectivity index (χ2n) is 17.7. The molecule has 294 valence electrons. The molecular weight excluding hydrogens is 868 g/mol. The van der Waals surface area contributed by atoms with E-state index in [1.807, 2.05) is 25.4 Å². The second kappa shape index (κ2) is 16.0. The molecule has 0 aliphatic rings. The zero-order valence-corrected chi connectivity index (χ0v) is 37.5. The van der Waals surface area contributed by atoms with Gasteiger partial charge in [0.25, 0.3) is 0 Å². The number of aryl methyl sites for hydroxylation is 1. The Morgan fingerprint density at radius 2 is 1.45 bits per heavy atom. The summed E-state index contributed by atoms with van der Waals surface area (Å²) in [6, 6.07) is 33.5. The summed E-state index contributed by atoms with van der Waals surface area (Å²) in [5, 5.41) is 11.8. The molecule has 0 radical (unpaired) electrons. The minimum Gasteiger partial charge on any atom is -0.507 e. The van der Waals surface area contributed by atoms with Crippen LogP contribution in [0.3, 0.4) is 0 Å². The zero-order chi connectivity index (χ0) is 40.0. The van der Waals surface area contributed by atoms with E-state index in [1.54, 1.807) is 0 Å². The molecule has 0 atom stereocenters. The SMILES string of the molecule is C=C/C(=C(\C)N(CC)c1ccccc1)c1ccnc(-c2[c-]c(-c3cccc4c3nc(-c3cc(C(C)(C)C)cc(C(C)(C)C)c3O)n4C)cc(C(C)(C)C)c2)c1.[Pt]. The van der Waals surface area contributed by atoms with E-state index in [0.29, 0.717) is 0 Å². The Kier molecular flexibility index (Phi) is 12.1. The van der Waals surface area contributed by atoms with Crippen LogP contribution >= 0.6 is 0 Å². The molecule has 4 aromatic carbocycles. The van der Waals surface area contributed by atoms with Crippen LogP contribution in [0.5, 0.6) is 5.75 Å². The molecule has 1 N–H and O–H groups in total. The molecule has 6 heteroatoms. The number of allylic oxidation sites excluding steroid dienone is 3. The number of nitrogens with zero attached hydrogens (tertiary/aromatic N) is 4. The number of aromatic nitrogens is 3. The zero-order valence-electron chi connectivity index (χ0n) is 35.2. The van der Waals surface area contributed by atoms with E-state index < -0.39 is 0 Å². The normalized spacial score (nSPS) is 12.6. The Bertz CT molecular complexity index is 2420. The maximum absolute atomic E-state index is 11.8. The van der Waals surface area contributed by atoms with Gasteiger partial charge < -0.3 is 14.6 Å². The van der Waals surface area contributed by atoms with Crippen molar-refractivity contribution in [2.45, 2.75) is 92.4 Å². The Balaban J connectivity index is 0.00000600. The number of para-hydroxylation sites is 2. The quantitative estimate of drug-likeness (QED) is 0.122. The number of fused-ring (bicyclic) bond motifs is 1. The maximum Gasteiger partial charge on any atom is 0.143 e. The predicted molar refractivity (Wildman–Crippen MR) is 234 cm³/mol. The van der Waals surface area contributed by atoms with E-state index in [-0.39, 0.29) is 43.1 Å². The number of hydrogen-bond donors (Lipinski definition) is 1. The fourth-order valence-corrected chi connectivity index (χ4v) is 7.35. The van der Waals surface area contributed by atoms with Crippen LogP contribution in [0.1, 0.15) is 98.4 Å². The molecule has 0 spiro atoms. The third-order valence-electron chi connectivity index (χ3n) is 10.7. The molecule has 0 saturated carbocycles. The van der Waals surface area contributed by atoms with Crippen molar-refractivity contribution in [3.63, 3.8) is 0 Å². The largest absolute Gasteiger partial charge is 0.507 e. The van der Waals surface area contributed by atoms with Crippen LogP contribution in [0.25, 0.3) is 50.4 Å². The van der Waals surface area contributed by atoms with Gasteiger partial charge in [-0.25, -0.2) is 4.98 Å². The van der Waals surface area contributed by atoms with Crippen molar-refractivity contribution in [3.8, 4) is 39.5 Å². The van der Waals surface area contributed by atoms with Gasteiger partial charge >= 0.3 is 0 Å². The van der Waals surface area contributed by atoms with E-state index in [9.17, 15) is 5.11 Å². The summed E-state index contributed by atoms with van der Waals surface area (Å²) in [7, 11) is 2.04. The van der Waals surface area contributed by atoms with E-state index >= 15 is 0 Å². The topological polar surface area (TPSA) is 54.2 Å². The van der Waals surface area contributed by atoms with E-state index in [4.69, 9.17) is 9.97 Å². The molecule has 0 saturated heterocycles. The summed E-state index contributed by atoms with van der Waals surface area (Å²) in [6.45, 7) is 29.2. The van der Waals surface area contributed by atoms with Crippen LogP contribution < -0.4 is 4.90 Å². The summed E-state index contributed by atoms with van der Waals surface area (Å²) in [6.07, 6.45) is 3.83. The molecular formula is C50H57N4OPt-. The van der Waals surface area contributed by atoms with Crippen LogP contribution in [-0.2, 0) is 44.4 Å². The number of anilines is 1. The molecule has 0 fully saturated rings. The van der Waals surface area contributed by atoms with Crippen LogP contribution in [-0.4, -0.2) is 26.2 Å². The van der Waals surface area contributed by atoms with Gasteiger partial charge in [-0.15, -0.1) is 29.3 Å². The summed E-state index contributed by atoms with van der Waals surface area (Å²) >= 11 is 0. The van der Waals surface area contributed by atoms with Gasteiger partial charge in [0.1, 0.15) is 11.6 Å². The van der Waals surface area contributed by atoms with Gasteiger partial charge in [0, 0.05) is 63.5 Å². The molecule has 0 aliphatic heterocycles. The van der Waals surface area contributed by atoms with Crippen molar-refractivity contribution in [3.05, 3.63) is 138 Å². The molecule has 2 heterocycles. The predicted octanol–water partition coefficient (Wildman–Crippen LogP) is 12.8. The van der Waals surface area contributed by atoms with E-state index in [1.165, 1.54) is 5.56 Å². The number of pyridine rings is 1. The van der Waals surface area contributed by atoms with Gasteiger partial charge in [-0.3, -0.25) is 4.98 Å². The fraction of sp³-hybridized carbons (Fsp3) is 0.320. The van der Waals surface area contributed by atoms with Gasteiger partial charge in [0.05, 0.1) is 16.6 Å². The van der Waals surface area contributed by atoms with Crippen molar-refractivity contribution in [2.24, 2.45) is 7.05 Å². The summed E-state index contributed by atoms with van der Waals surface area (Å²) in [5.74, 6) is 1.01. The third-order valence-corrected chi connectivity index (χ3v) is 10.7. The van der Waals surface area contributed by atoms with Gasteiger partial charge in [0.2, 0.25) is 0 Å². The van der Waals surface area contributed by atoms with E-state index in [2.05, 4.69) is 177 Å². The molecule has 0 unspecified atom stereocenters. The summed E-state index contributed by atoms with van der Waals surface area (Å²) in [4.78, 5) is 12.5. The number of phenols is 1. The first-order chi connectivity index (χ1) is 25.8. The van der Waals surface area contributed by atoms with Crippen molar-refractivity contribution in [1.29, 1.82) is 0 Å². The molecule has 5 nitrogen and oxygen atoms in total. The fourth-order valence-electron chi connectivity index (χ4n) is 7.35. The molecule has 6 aromatic rings. The van der Waals surface area contributed by atoms with Crippen LogP contribution in [0.4, 0.5) is 5.69 Å².